The molecule has 1 atom stereocenters. The van der Waals surface area contributed by atoms with Crippen LogP contribution in [0.4, 0.5) is 0 Å². The van der Waals surface area contributed by atoms with Crippen molar-refractivity contribution in [2.24, 2.45) is 5.73 Å². The lowest BCUT2D eigenvalue weighted by Gasteiger charge is -2.11. The molecule has 0 spiro atoms. The lowest BCUT2D eigenvalue weighted by atomic mass is 10.2. The van der Waals surface area contributed by atoms with Crippen LogP contribution in [-0.4, -0.2) is 12.6 Å². The van der Waals surface area contributed by atoms with Crippen molar-refractivity contribution < 1.29 is 9.15 Å². The first-order valence-electron chi connectivity index (χ1n) is 5.40. The van der Waals surface area contributed by atoms with E-state index >= 15 is 0 Å². The molecule has 2 aromatic rings. The largest absolute Gasteiger partial charge is 0.492 e. The van der Waals surface area contributed by atoms with Crippen LogP contribution < -0.4 is 10.5 Å². The van der Waals surface area contributed by atoms with Gasteiger partial charge in [0.1, 0.15) is 18.1 Å². The fraction of sp³-hybridized carbons (Fsp3) is 0.231. The summed E-state index contributed by atoms with van der Waals surface area (Å²) in [6.07, 6.45) is 2.33. The van der Waals surface area contributed by atoms with Gasteiger partial charge in [-0.25, -0.2) is 0 Å². The SMILES string of the molecule is NC(COc1ccc(Br)cc1)Cc1ccco1. The highest BCUT2D eigenvalue weighted by Crippen LogP contribution is 2.16. The topological polar surface area (TPSA) is 48.4 Å². The molecular formula is C13H14BrNO2. The van der Waals surface area contributed by atoms with E-state index in [1.54, 1.807) is 6.26 Å². The summed E-state index contributed by atoms with van der Waals surface area (Å²) in [5.74, 6) is 1.71. The monoisotopic (exact) mass is 295 g/mol. The van der Waals surface area contributed by atoms with Crippen molar-refractivity contribution in [2.75, 3.05) is 6.61 Å². The van der Waals surface area contributed by atoms with Crippen LogP contribution in [0.2, 0.25) is 0 Å². The molecule has 0 radical (unpaired) electrons. The molecule has 90 valence electrons. The van der Waals surface area contributed by atoms with Crippen LogP contribution in [-0.2, 0) is 6.42 Å². The van der Waals surface area contributed by atoms with E-state index in [2.05, 4.69) is 15.9 Å². The number of benzene rings is 1. The van der Waals surface area contributed by atoms with Crippen molar-refractivity contribution in [3.8, 4) is 5.75 Å². The third-order valence-electron chi connectivity index (χ3n) is 2.32. The van der Waals surface area contributed by atoms with E-state index in [9.17, 15) is 0 Å². The maximum absolute atomic E-state index is 5.95. The third-order valence-corrected chi connectivity index (χ3v) is 2.85. The Balaban J connectivity index is 1.79. The molecule has 0 aliphatic carbocycles. The van der Waals surface area contributed by atoms with Gasteiger partial charge in [-0.05, 0) is 36.4 Å². The summed E-state index contributed by atoms with van der Waals surface area (Å²) in [5.41, 5.74) is 5.95. The number of hydrogen-bond acceptors (Lipinski definition) is 3. The number of halogens is 1. The zero-order valence-corrected chi connectivity index (χ0v) is 10.9. The van der Waals surface area contributed by atoms with Gasteiger partial charge < -0.3 is 14.9 Å². The van der Waals surface area contributed by atoms with Crippen molar-refractivity contribution in [1.82, 2.24) is 0 Å². The quantitative estimate of drug-likeness (QED) is 0.922. The van der Waals surface area contributed by atoms with Crippen LogP contribution in [0.3, 0.4) is 0 Å². The smallest absolute Gasteiger partial charge is 0.119 e. The predicted octanol–water partition coefficient (Wildman–Crippen LogP) is 2.99. The van der Waals surface area contributed by atoms with Crippen LogP contribution in [0, 0.1) is 0 Å². The Morgan fingerprint density at radius 3 is 2.65 bits per heavy atom. The van der Waals surface area contributed by atoms with Crippen LogP contribution in [0.25, 0.3) is 0 Å². The maximum atomic E-state index is 5.95. The molecule has 0 saturated heterocycles. The average Bonchev–Trinajstić information content (AvgIpc) is 2.81. The molecule has 0 bridgehead atoms. The number of nitrogens with two attached hydrogens (primary N) is 1. The molecule has 17 heavy (non-hydrogen) atoms. The highest BCUT2D eigenvalue weighted by atomic mass is 79.9. The van der Waals surface area contributed by atoms with Gasteiger partial charge in [-0.15, -0.1) is 0 Å². The van der Waals surface area contributed by atoms with Crippen LogP contribution in [0.15, 0.2) is 51.6 Å². The Labute approximate surface area is 109 Å². The van der Waals surface area contributed by atoms with Crippen molar-refractivity contribution in [2.45, 2.75) is 12.5 Å². The Kier molecular flexibility index (Phi) is 4.23. The Morgan fingerprint density at radius 1 is 1.24 bits per heavy atom. The molecule has 1 heterocycles. The number of ether oxygens (including phenoxy) is 1. The minimum absolute atomic E-state index is 0.0650. The van der Waals surface area contributed by atoms with E-state index in [1.807, 2.05) is 36.4 Å². The van der Waals surface area contributed by atoms with E-state index in [1.165, 1.54) is 0 Å². The molecule has 0 aliphatic rings. The number of hydrogen-bond donors (Lipinski definition) is 1. The molecule has 3 nitrogen and oxygen atoms in total. The van der Waals surface area contributed by atoms with Crippen LogP contribution in [0.5, 0.6) is 5.75 Å². The fourth-order valence-corrected chi connectivity index (χ4v) is 1.74. The summed E-state index contributed by atoms with van der Waals surface area (Å²) in [6.45, 7) is 0.475. The lowest BCUT2D eigenvalue weighted by molar-refractivity contribution is 0.282. The molecule has 2 rings (SSSR count). The van der Waals surface area contributed by atoms with Gasteiger partial charge in [0, 0.05) is 16.9 Å². The summed E-state index contributed by atoms with van der Waals surface area (Å²) in [4.78, 5) is 0. The lowest BCUT2D eigenvalue weighted by Crippen LogP contribution is -2.29. The Hall–Kier alpha value is -1.26. The Bertz CT molecular complexity index is 439. The fourth-order valence-electron chi connectivity index (χ4n) is 1.48. The van der Waals surface area contributed by atoms with Gasteiger partial charge in [0.05, 0.1) is 6.26 Å². The van der Waals surface area contributed by atoms with Gasteiger partial charge in [-0.3, -0.25) is 0 Å². The zero-order chi connectivity index (χ0) is 12.1. The molecule has 0 fully saturated rings. The summed E-state index contributed by atoms with van der Waals surface area (Å²) >= 11 is 3.37. The first-order valence-corrected chi connectivity index (χ1v) is 6.19. The molecule has 1 aromatic carbocycles. The van der Waals surface area contributed by atoms with Gasteiger partial charge >= 0.3 is 0 Å². The summed E-state index contributed by atoms with van der Waals surface area (Å²) < 4.78 is 11.8. The van der Waals surface area contributed by atoms with E-state index in [4.69, 9.17) is 14.9 Å². The predicted molar refractivity (Wildman–Crippen MR) is 70.0 cm³/mol. The summed E-state index contributed by atoms with van der Waals surface area (Å²) in [5, 5.41) is 0. The minimum atomic E-state index is -0.0650. The maximum Gasteiger partial charge on any atom is 0.119 e. The Morgan fingerprint density at radius 2 is 2.00 bits per heavy atom. The van der Waals surface area contributed by atoms with E-state index < -0.39 is 0 Å². The normalized spacial score (nSPS) is 12.4. The third kappa shape index (κ3) is 3.91. The molecule has 0 saturated carbocycles. The molecule has 2 N–H and O–H groups in total. The molecule has 4 heteroatoms. The standard InChI is InChI=1S/C13H14BrNO2/c14-10-3-5-12(6-4-10)17-9-11(15)8-13-2-1-7-16-13/h1-7,11H,8-9,15H2. The number of furan rings is 1. The van der Waals surface area contributed by atoms with Crippen LogP contribution in [0.1, 0.15) is 5.76 Å². The van der Waals surface area contributed by atoms with Gasteiger partial charge in [0.15, 0.2) is 0 Å². The molecule has 0 aliphatic heterocycles. The van der Waals surface area contributed by atoms with Crippen LogP contribution >= 0.6 is 15.9 Å². The zero-order valence-electron chi connectivity index (χ0n) is 9.30. The van der Waals surface area contributed by atoms with Gasteiger partial charge in [-0.1, -0.05) is 15.9 Å². The second-order valence-corrected chi connectivity index (χ2v) is 4.72. The van der Waals surface area contributed by atoms with Crippen molar-refractivity contribution in [3.05, 3.63) is 52.9 Å². The molecule has 0 amide bonds. The minimum Gasteiger partial charge on any atom is -0.492 e. The van der Waals surface area contributed by atoms with Crippen molar-refractivity contribution in [1.29, 1.82) is 0 Å². The van der Waals surface area contributed by atoms with Gasteiger partial charge in [-0.2, -0.15) is 0 Å². The second-order valence-electron chi connectivity index (χ2n) is 3.81. The summed E-state index contributed by atoms with van der Waals surface area (Å²) in [6, 6.07) is 11.4. The van der Waals surface area contributed by atoms with Gasteiger partial charge in [0.2, 0.25) is 0 Å². The number of rotatable bonds is 5. The molecule has 1 aromatic heterocycles. The van der Waals surface area contributed by atoms with E-state index in [0.29, 0.717) is 13.0 Å². The van der Waals surface area contributed by atoms with Crippen molar-refractivity contribution in [3.63, 3.8) is 0 Å². The first-order chi connectivity index (χ1) is 8.24. The first kappa shape index (κ1) is 12.2. The molecule has 1 unspecified atom stereocenters. The van der Waals surface area contributed by atoms with Crippen molar-refractivity contribution >= 4 is 15.9 Å². The summed E-state index contributed by atoms with van der Waals surface area (Å²) in [7, 11) is 0. The van der Waals surface area contributed by atoms with E-state index in [-0.39, 0.29) is 6.04 Å². The second kappa shape index (κ2) is 5.89. The van der Waals surface area contributed by atoms with Gasteiger partial charge in [0.25, 0.3) is 0 Å². The highest BCUT2D eigenvalue weighted by molar-refractivity contribution is 9.10. The van der Waals surface area contributed by atoms with E-state index in [0.717, 1.165) is 16.0 Å². The highest BCUT2D eigenvalue weighted by Gasteiger charge is 2.07. The average molecular weight is 296 g/mol. The molecular weight excluding hydrogens is 282 g/mol.